The number of hydrogen-bond acceptors (Lipinski definition) is 5. The summed E-state index contributed by atoms with van der Waals surface area (Å²) >= 11 is 7.49. The molecule has 0 aliphatic rings. The average Bonchev–Trinajstić information content (AvgIpc) is 3.12. The van der Waals surface area contributed by atoms with Crippen LogP contribution in [0.3, 0.4) is 0 Å². The molecule has 1 heterocycles. The van der Waals surface area contributed by atoms with E-state index < -0.39 is 5.25 Å². The van der Waals surface area contributed by atoms with Crippen LogP contribution in [0.4, 0.5) is 5.69 Å². The van der Waals surface area contributed by atoms with Crippen LogP contribution in [0.25, 0.3) is 5.69 Å². The molecule has 0 fully saturated rings. The summed E-state index contributed by atoms with van der Waals surface area (Å²) in [5.41, 5.74) is 2.77. The van der Waals surface area contributed by atoms with Gasteiger partial charge in [-0.25, -0.2) is 0 Å². The van der Waals surface area contributed by atoms with Gasteiger partial charge in [0.05, 0.1) is 16.6 Å². The number of thioether (sulfide) groups is 1. The molecular formula is C20H19ClN4O2S. The highest BCUT2D eigenvalue weighted by Gasteiger charge is 2.20. The van der Waals surface area contributed by atoms with E-state index in [2.05, 4.69) is 15.5 Å². The van der Waals surface area contributed by atoms with Gasteiger partial charge in [0.1, 0.15) is 6.33 Å². The summed E-state index contributed by atoms with van der Waals surface area (Å²) in [6.45, 7) is 5.18. The molecule has 1 N–H and O–H groups in total. The quantitative estimate of drug-likeness (QED) is 0.473. The lowest BCUT2D eigenvalue weighted by atomic mass is 10.1. The lowest BCUT2D eigenvalue weighted by Crippen LogP contribution is -2.23. The number of aromatic nitrogens is 3. The summed E-state index contributed by atoms with van der Waals surface area (Å²) < 4.78 is 1.78. The first-order valence-electron chi connectivity index (χ1n) is 8.61. The number of ketones is 1. The van der Waals surface area contributed by atoms with Gasteiger partial charge in [0, 0.05) is 10.6 Å². The van der Waals surface area contributed by atoms with E-state index in [0.29, 0.717) is 21.4 Å². The first-order valence-corrected chi connectivity index (χ1v) is 9.86. The van der Waals surface area contributed by atoms with Crippen molar-refractivity contribution in [3.63, 3.8) is 0 Å². The Morgan fingerprint density at radius 2 is 1.96 bits per heavy atom. The largest absolute Gasteiger partial charge is 0.324 e. The molecule has 28 heavy (non-hydrogen) atoms. The van der Waals surface area contributed by atoms with E-state index in [0.717, 1.165) is 11.3 Å². The molecule has 0 aliphatic heterocycles. The number of rotatable bonds is 6. The van der Waals surface area contributed by atoms with Crippen molar-refractivity contribution in [3.8, 4) is 5.69 Å². The predicted octanol–water partition coefficient (Wildman–Crippen LogP) is 4.55. The molecule has 0 radical (unpaired) electrons. The van der Waals surface area contributed by atoms with E-state index in [1.165, 1.54) is 18.7 Å². The van der Waals surface area contributed by atoms with Gasteiger partial charge in [-0.05, 0) is 50.6 Å². The fourth-order valence-electron chi connectivity index (χ4n) is 2.56. The van der Waals surface area contributed by atoms with Crippen LogP contribution in [0.2, 0.25) is 5.02 Å². The number of halogens is 1. The Balaban J connectivity index is 1.76. The maximum atomic E-state index is 12.6. The number of carbonyl (C=O) groups excluding carboxylic acids is 2. The van der Waals surface area contributed by atoms with E-state index in [1.807, 2.05) is 25.1 Å². The van der Waals surface area contributed by atoms with Gasteiger partial charge in [-0.15, -0.1) is 10.2 Å². The third-order valence-electron chi connectivity index (χ3n) is 4.17. The topological polar surface area (TPSA) is 76.9 Å². The first-order chi connectivity index (χ1) is 13.4. The number of para-hydroxylation sites is 1. The van der Waals surface area contributed by atoms with Gasteiger partial charge < -0.3 is 5.32 Å². The molecule has 3 aromatic rings. The molecule has 0 saturated heterocycles. The first kappa shape index (κ1) is 20.1. The molecule has 0 aliphatic carbocycles. The molecule has 144 valence electrons. The van der Waals surface area contributed by atoms with Crippen molar-refractivity contribution in [3.05, 3.63) is 64.9 Å². The van der Waals surface area contributed by atoms with Crippen molar-refractivity contribution in [2.75, 3.05) is 5.32 Å². The molecular weight excluding hydrogens is 396 g/mol. The molecule has 3 rings (SSSR count). The van der Waals surface area contributed by atoms with Gasteiger partial charge in [0.25, 0.3) is 0 Å². The molecule has 6 nitrogen and oxygen atoms in total. The molecule has 1 atom stereocenters. The molecule has 2 aromatic carbocycles. The smallest absolute Gasteiger partial charge is 0.237 e. The number of carbonyl (C=O) groups is 2. The fourth-order valence-corrected chi connectivity index (χ4v) is 3.58. The summed E-state index contributed by atoms with van der Waals surface area (Å²) in [4.78, 5) is 24.4. The zero-order valence-corrected chi connectivity index (χ0v) is 17.2. The highest BCUT2D eigenvalue weighted by atomic mass is 35.5. The number of anilines is 1. The van der Waals surface area contributed by atoms with Crippen LogP contribution in [0.5, 0.6) is 0 Å². The van der Waals surface area contributed by atoms with Crippen LogP contribution in [0, 0.1) is 6.92 Å². The van der Waals surface area contributed by atoms with E-state index in [4.69, 9.17) is 11.6 Å². The minimum absolute atomic E-state index is 0.104. The second-order valence-corrected chi connectivity index (χ2v) is 7.98. The Bertz CT molecular complexity index is 1030. The van der Waals surface area contributed by atoms with Crippen LogP contribution in [-0.2, 0) is 4.79 Å². The van der Waals surface area contributed by atoms with Crippen LogP contribution in [-0.4, -0.2) is 31.7 Å². The number of amides is 1. The third kappa shape index (κ3) is 4.43. The van der Waals surface area contributed by atoms with E-state index in [1.54, 1.807) is 42.1 Å². The summed E-state index contributed by atoms with van der Waals surface area (Å²) in [5, 5.41) is 11.7. The average molecular weight is 415 g/mol. The van der Waals surface area contributed by atoms with Crippen molar-refractivity contribution >= 4 is 40.7 Å². The maximum Gasteiger partial charge on any atom is 0.237 e. The molecule has 1 unspecified atom stereocenters. The molecule has 8 heteroatoms. The second kappa shape index (κ2) is 8.58. The number of hydrogen-bond donors (Lipinski definition) is 1. The monoisotopic (exact) mass is 414 g/mol. The Kier molecular flexibility index (Phi) is 6.16. The maximum absolute atomic E-state index is 12.6. The Morgan fingerprint density at radius 3 is 2.68 bits per heavy atom. The highest BCUT2D eigenvalue weighted by Crippen LogP contribution is 2.27. The molecule has 0 saturated carbocycles. The molecule has 0 bridgehead atoms. The second-order valence-electron chi connectivity index (χ2n) is 6.27. The van der Waals surface area contributed by atoms with Crippen LogP contribution in [0.15, 0.2) is 53.9 Å². The van der Waals surface area contributed by atoms with Gasteiger partial charge in [-0.3, -0.25) is 14.2 Å². The Morgan fingerprint density at radius 1 is 1.21 bits per heavy atom. The van der Waals surface area contributed by atoms with Crippen LogP contribution in [0.1, 0.15) is 29.8 Å². The third-order valence-corrected chi connectivity index (χ3v) is 5.63. The number of Topliss-reactive ketones (excluding diaryl/α,β-unsaturated/α-hetero) is 1. The minimum Gasteiger partial charge on any atom is -0.324 e. The summed E-state index contributed by atoms with van der Waals surface area (Å²) in [6.07, 6.45) is 1.58. The Labute approximate surface area is 172 Å². The summed E-state index contributed by atoms with van der Waals surface area (Å²) in [6, 6.07) is 12.6. The molecule has 0 spiro atoms. The van der Waals surface area contributed by atoms with Crippen molar-refractivity contribution in [1.29, 1.82) is 0 Å². The zero-order valence-electron chi connectivity index (χ0n) is 15.6. The number of aryl methyl sites for hydroxylation is 1. The molecule has 1 amide bonds. The van der Waals surface area contributed by atoms with Crippen molar-refractivity contribution in [1.82, 2.24) is 14.8 Å². The normalized spacial score (nSPS) is 11.9. The SMILES string of the molecule is CC(=O)c1ccccc1NC(=O)C(C)Sc1nncn1-c1ccc(C)c(Cl)c1. The fraction of sp³-hybridized carbons (Fsp3) is 0.200. The van der Waals surface area contributed by atoms with Gasteiger partial charge in [0.15, 0.2) is 10.9 Å². The van der Waals surface area contributed by atoms with E-state index in [9.17, 15) is 9.59 Å². The predicted molar refractivity (Wildman–Crippen MR) is 112 cm³/mol. The van der Waals surface area contributed by atoms with Crippen LogP contribution < -0.4 is 5.32 Å². The van der Waals surface area contributed by atoms with Gasteiger partial charge in [0.2, 0.25) is 5.91 Å². The van der Waals surface area contributed by atoms with E-state index >= 15 is 0 Å². The van der Waals surface area contributed by atoms with Gasteiger partial charge in [-0.1, -0.05) is 41.6 Å². The Hall–Kier alpha value is -2.64. The van der Waals surface area contributed by atoms with Gasteiger partial charge >= 0.3 is 0 Å². The highest BCUT2D eigenvalue weighted by molar-refractivity contribution is 8.00. The van der Waals surface area contributed by atoms with Gasteiger partial charge in [-0.2, -0.15) is 0 Å². The number of benzene rings is 2. The van der Waals surface area contributed by atoms with Crippen LogP contribution >= 0.6 is 23.4 Å². The van der Waals surface area contributed by atoms with E-state index in [-0.39, 0.29) is 11.7 Å². The molecule has 1 aromatic heterocycles. The van der Waals surface area contributed by atoms with Crippen molar-refractivity contribution < 1.29 is 9.59 Å². The summed E-state index contributed by atoms with van der Waals surface area (Å²) in [5.74, 6) is -0.331. The zero-order chi connectivity index (χ0) is 20.3. The number of nitrogens with zero attached hydrogens (tertiary/aromatic N) is 3. The standard InChI is InChI=1S/C20H19ClN4O2S/c1-12-8-9-15(10-17(12)21)25-11-22-24-20(25)28-14(3)19(27)23-18-7-5-4-6-16(18)13(2)26/h4-11,14H,1-3H3,(H,23,27). The van der Waals surface area contributed by atoms with Crippen molar-refractivity contribution in [2.24, 2.45) is 0 Å². The number of nitrogens with one attached hydrogen (secondary N) is 1. The summed E-state index contributed by atoms with van der Waals surface area (Å²) in [7, 11) is 0. The minimum atomic E-state index is -0.455. The van der Waals surface area contributed by atoms with Crippen molar-refractivity contribution in [2.45, 2.75) is 31.2 Å². The lowest BCUT2D eigenvalue weighted by molar-refractivity contribution is -0.115. The lowest BCUT2D eigenvalue weighted by Gasteiger charge is -2.14.